The van der Waals surface area contributed by atoms with Crippen LogP contribution in [0.4, 0.5) is 10.8 Å². The third-order valence-corrected chi connectivity index (χ3v) is 4.28. The highest BCUT2D eigenvalue weighted by Gasteiger charge is 2.07. The van der Waals surface area contributed by atoms with Crippen LogP contribution in [0.5, 0.6) is 0 Å². The van der Waals surface area contributed by atoms with Crippen molar-refractivity contribution in [2.45, 2.75) is 10.8 Å². The fourth-order valence-electron chi connectivity index (χ4n) is 1.43. The highest BCUT2D eigenvalue weighted by Crippen LogP contribution is 2.24. The van der Waals surface area contributed by atoms with Crippen molar-refractivity contribution in [2.24, 2.45) is 0 Å². The van der Waals surface area contributed by atoms with Crippen molar-refractivity contribution in [3.05, 3.63) is 29.8 Å². The van der Waals surface area contributed by atoms with Crippen LogP contribution in [0.15, 0.2) is 28.6 Å². The van der Waals surface area contributed by atoms with Gasteiger partial charge in [-0.25, -0.2) is 4.79 Å². The lowest BCUT2D eigenvalue weighted by molar-refractivity contribution is -0.115. The number of carbonyl (C=O) groups is 2. The number of anilines is 2. The van der Waals surface area contributed by atoms with Gasteiger partial charge in [-0.1, -0.05) is 23.1 Å². The molecule has 0 saturated carbocycles. The maximum absolute atomic E-state index is 11.7. The topological polar surface area (TPSA) is 118 Å². The van der Waals surface area contributed by atoms with Crippen molar-refractivity contribution in [2.75, 3.05) is 16.8 Å². The van der Waals surface area contributed by atoms with Gasteiger partial charge in [-0.15, -0.1) is 10.2 Å². The number of benzene rings is 1. The van der Waals surface area contributed by atoms with Gasteiger partial charge in [0.05, 0.1) is 5.56 Å². The lowest BCUT2D eigenvalue weighted by atomic mass is 10.2. The second-order valence-corrected chi connectivity index (χ2v) is 6.29. The molecule has 110 valence electrons. The van der Waals surface area contributed by atoms with Crippen molar-refractivity contribution in [1.82, 2.24) is 10.2 Å². The molecule has 1 aromatic heterocycles. The predicted octanol–water partition coefficient (Wildman–Crippen LogP) is 1.94. The molecular formula is C12H12N4O3S2. The van der Waals surface area contributed by atoms with Crippen molar-refractivity contribution >= 4 is 45.8 Å². The summed E-state index contributed by atoms with van der Waals surface area (Å²) in [5.74, 6) is -0.586. The molecule has 7 nitrogen and oxygen atoms in total. The quantitative estimate of drug-likeness (QED) is 0.695. The summed E-state index contributed by atoms with van der Waals surface area (Å²) in [6.45, 7) is 0. The minimum absolute atomic E-state index is 0.150. The summed E-state index contributed by atoms with van der Waals surface area (Å²) in [4.78, 5) is 22.4. The number of nitrogens with two attached hydrogens (primary N) is 1. The van der Waals surface area contributed by atoms with Crippen LogP contribution < -0.4 is 11.1 Å². The lowest BCUT2D eigenvalue weighted by Crippen LogP contribution is -2.12. The number of nitrogen functional groups attached to an aromatic ring is 1. The highest BCUT2D eigenvalue weighted by molar-refractivity contribution is 8.01. The third-order valence-electron chi connectivity index (χ3n) is 2.39. The summed E-state index contributed by atoms with van der Waals surface area (Å²) in [5, 5.41) is 19.4. The molecule has 2 aromatic rings. The van der Waals surface area contributed by atoms with E-state index in [9.17, 15) is 9.59 Å². The minimum atomic E-state index is -0.999. The Hall–Kier alpha value is -2.13. The molecule has 0 aliphatic heterocycles. The van der Waals surface area contributed by atoms with Gasteiger partial charge in [0.2, 0.25) is 11.0 Å². The average Bonchev–Trinajstić information content (AvgIpc) is 2.85. The molecule has 0 aliphatic rings. The SMILES string of the molecule is Nc1nnc(SCCC(=O)Nc2ccc(C(=O)O)cc2)s1. The third kappa shape index (κ3) is 4.72. The summed E-state index contributed by atoms with van der Waals surface area (Å²) in [7, 11) is 0. The first-order valence-corrected chi connectivity index (χ1v) is 7.70. The van der Waals surface area contributed by atoms with E-state index in [0.29, 0.717) is 23.0 Å². The van der Waals surface area contributed by atoms with Crippen molar-refractivity contribution in [3.63, 3.8) is 0 Å². The summed E-state index contributed by atoms with van der Waals surface area (Å²) >= 11 is 2.69. The number of rotatable bonds is 6. The largest absolute Gasteiger partial charge is 0.478 e. The van der Waals surface area contributed by atoms with Gasteiger partial charge in [0, 0.05) is 17.9 Å². The number of carboxylic acids is 1. The molecule has 9 heteroatoms. The van der Waals surface area contributed by atoms with E-state index >= 15 is 0 Å². The van der Waals surface area contributed by atoms with E-state index in [1.54, 1.807) is 12.1 Å². The van der Waals surface area contributed by atoms with Crippen LogP contribution in [-0.2, 0) is 4.79 Å². The maximum Gasteiger partial charge on any atom is 0.335 e. The van der Waals surface area contributed by atoms with Gasteiger partial charge in [0.15, 0.2) is 4.34 Å². The van der Waals surface area contributed by atoms with Crippen molar-refractivity contribution in [3.8, 4) is 0 Å². The summed E-state index contributed by atoms with van der Waals surface area (Å²) in [6, 6.07) is 5.99. The number of amides is 1. The smallest absolute Gasteiger partial charge is 0.335 e. The fraction of sp³-hybridized carbons (Fsp3) is 0.167. The molecule has 0 fully saturated rings. The molecule has 1 amide bonds. The van der Waals surface area contributed by atoms with Crippen LogP contribution in [0, 0.1) is 0 Å². The number of carboxylic acid groups (broad SMARTS) is 1. The Balaban J connectivity index is 1.77. The number of hydrogen-bond donors (Lipinski definition) is 3. The Morgan fingerprint density at radius 1 is 1.29 bits per heavy atom. The molecule has 1 heterocycles. The van der Waals surface area contributed by atoms with Crippen LogP contribution in [-0.4, -0.2) is 32.9 Å². The van der Waals surface area contributed by atoms with Gasteiger partial charge in [0.25, 0.3) is 0 Å². The number of aromatic carboxylic acids is 1. The van der Waals surface area contributed by atoms with Gasteiger partial charge in [-0.05, 0) is 24.3 Å². The first-order chi connectivity index (χ1) is 10.0. The van der Waals surface area contributed by atoms with Crippen LogP contribution in [0.25, 0.3) is 0 Å². The number of aromatic nitrogens is 2. The zero-order valence-corrected chi connectivity index (χ0v) is 12.4. The van der Waals surface area contributed by atoms with Crippen molar-refractivity contribution < 1.29 is 14.7 Å². The van der Waals surface area contributed by atoms with E-state index in [4.69, 9.17) is 10.8 Å². The zero-order chi connectivity index (χ0) is 15.2. The minimum Gasteiger partial charge on any atom is -0.478 e. The monoisotopic (exact) mass is 324 g/mol. The average molecular weight is 324 g/mol. The molecule has 2 rings (SSSR count). The molecule has 0 aliphatic carbocycles. The first-order valence-electron chi connectivity index (χ1n) is 5.89. The summed E-state index contributed by atoms with van der Waals surface area (Å²) in [6.07, 6.45) is 0.310. The van der Waals surface area contributed by atoms with Gasteiger partial charge in [-0.3, -0.25) is 4.79 Å². The highest BCUT2D eigenvalue weighted by atomic mass is 32.2. The normalized spacial score (nSPS) is 10.3. The van der Waals surface area contributed by atoms with E-state index < -0.39 is 5.97 Å². The first kappa shape index (κ1) is 15.3. The second-order valence-electron chi connectivity index (χ2n) is 3.94. The maximum atomic E-state index is 11.7. The molecule has 0 saturated heterocycles. The molecular weight excluding hydrogens is 312 g/mol. The Kier molecular flexibility index (Phi) is 5.12. The van der Waals surface area contributed by atoms with Gasteiger partial charge >= 0.3 is 5.97 Å². The zero-order valence-electron chi connectivity index (χ0n) is 10.8. The predicted molar refractivity (Wildman–Crippen MR) is 81.7 cm³/mol. The standard InChI is InChI=1S/C12H12N4O3S2/c13-11-15-16-12(21-11)20-6-5-9(17)14-8-3-1-7(2-4-8)10(18)19/h1-4H,5-6H2,(H2,13,15)(H,14,17)(H,18,19). The molecule has 0 bridgehead atoms. The van der Waals surface area contributed by atoms with Gasteiger partial charge in [0.1, 0.15) is 0 Å². The molecule has 0 spiro atoms. The number of hydrogen-bond acceptors (Lipinski definition) is 7. The van der Waals surface area contributed by atoms with Crippen LogP contribution in [0.1, 0.15) is 16.8 Å². The molecule has 0 unspecified atom stereocenters. The number of nitrogens with one attached hydrogen (secondary N) is 1. The molecule has 0 radical (unpaired) electrons. The number of carbonyl (C=O) groups excluding carboxylic acids is 1. The Morgan fingerprint density at radius 3 is 2.57 bits per heavy atom. The molecule has 0 atom stereocenters. The molecule has 21 heavy (non-hydrogen) atoms. The van der Waals surface area contributed by atoms with Gasteiger partial charge < -0.3 is 16.2 Å². The second kappa shape index (κ2) is 7.04. The van der Waals surface area contributed by atoms with Crippen LogP contribution in [0.3, 0.4) is 0 Å². The Labute approximate surface area is 128 Å². The van der Waals surface area contributed by atoms with E-state index in [0.717, 1.165) is 4.34 Å². The van der Waals surface area contributed by atoms with E-state index in [1.165, 1.54) is 35.2 Å². The summed E-state index contributed by atoms with van der Waals surface area (Å²) < 4.78 is 0.728. The Morgan fingerprint density at radius 2 is 2.00 bits per heavy atom. The van der Waals surface area contributed by atoms with Crippen molar-refractivity contribution in [1.29, 1.82) is 0 Å². The molecule has 4 N–H and O–H groups in total. The van der Waals surface area contributed by atoms with E-state index in [2.05, 4.69) is 15.5 Å². The molecule has 1 aromatic carbocycles. The van der Waals surface area contributed by atoms with Crippen LogP contribution in [0.2, 0.25) is 0 Å². The lowest BCUT2D eigenvalue weighted by Gasteiger charge is -2.04. The Bertz CT molecular complexity index is 642. The van der Waals surface area contributed by atoms with E-state index in [1.807, 2.05) is 0 Å². The van der Waals surface area contributed by atoms with Crippen LogP contribution >= 0.6 is 23.1 Å². The number of thioether (sulfide) groups is 1. The van der Waals surface area contributed by atoms with Gasteiger partial charge in [-0.2, -0.15) is 0 Å². The summed E-state index contributed by atoms with van der Waals surface area (Å²) in [5.41, 5.74) is 6.20. The number of nitrogens with zero attached hydrogens (tertiary/aromatic N) is 2. The fourth-order valence-corrected chi connectivity index (χ4v) is 3.07. The van der Waals surface area contributed by atoms with E-state index in [-0.39, 0.29) is 11.5 Å².